The molecule has 0 aromatic heterocycles. The lowest BCUT2D eigenvalue weighted by Gasteiger charge is -2.29. The second-order valence-corrected chi connectivity index (χ2v) is 9.12. The highest BCUT2D eigenvalue weighted by Gasteiger charge is 2.36. The Morgan fingerprint density at radius 1 is 1.15 bits per heavy atom. The van der Waals surface area contributed by atoms with Crippen LogP contribution in [0.2, 0.25) is 0 Å². The van der Waals surface area contributed by atoms with Gasteiger partial charge in [-0.15, -0.1) is 0 Å². The normalized spacial score (nSPS) is 19.2. The molecule has 0 radical (unpaired) electrons. The molecule has 0 aliphatic heterocycles. The summed E-state index contributed by atoms with van der Waals surface area (Å²) in [6.45, 7) is 4.18. The Kier molecular flexibility index (Phi) is 4.00. The van der Waals surface area contributed by atoms with E-state index in [2.05, 4.69) is 12.1 Å². The van der Waals surface area contributed by atoms with Crippen molar-refractivity contribution in [1.82, 2.24) is 0 Å². The molecule has 1 aromatic rings. The standard InChI is InChI=1S/C16H25NO2S/c1-15(2,20(3,18)19)13-6-8-14(9-7-13)16(12-17)10-4-5-11-16/h6-9H,4-5,10-12,17H2,1-3H3. The van der Waals surface area contributed by atoms with Gasteiger partial charge in [0.05, 0.1) is 4.75 Å². The number of benzene rings is 1. The van der Waals surface area contributed by atoms with E-state index in [9.17, 15) is 8.42 Å². The van der Waals surface area contributed by atoms with E-state index in [0.717, 1.165) is 18.4 Å². The highest BCUT2D eigenvalue weighted by molar-refractivity contribution is 7.91. The van der Waals surface area contributed by atoms with Gasteiger partial charge in [-0.25, -0.2) is 8.42 Å². The molecule has 3 nitrogen and oxygen atoms in total. The lowest BCUT2D eigenvalue weighted by Crippen LogP contribution is -2.32. The third-order valence-electron chi connectivity index (χ3n) is 5.07. The first-order chi connectivity index (χ1) is 9.23. The molecule has 4 heteroatoms. The van der Waals surface area contributed by atoms with Gasteiger partial charge in [-0.2, -0.15) is 0 Å². The van der Waals surface area contributed by atoms with Gasteiger partial charge in [-0.3, -0.25) is 0 Å². The van der Waals surface area contributed by atoms with Gasteiger partial charge in [0.2, 0.25) is 0 Å². The Bertz CT molecular complexity index is 567. The van der Waals surface area contributed by atoms with Crippen molar-refractivity contribution in [3.05, 3.63) is 35.4 Å². The predicted octanol–water partition coefficient (Wildman–Crippen LogP) is 2.74. The minimum absolute atomic E-state index is 0.105. The van der Waals surface area contributed by atoms with Gasteiger partial charge in [0, 0.05) is 18.2 Å². The third-order valence-corrected chi connectivity index (χ3v) is 7.16. The van der Waals surface area contributed by atoms with Crippen molar-refractivity contribution >= 4 is 9.84 Å². The van der Waals surface area contributed by atoms with E-state index in [1.807, 2.05) is 12.1 Å². The molecule has 0 atom stereocenters. The molecular formula is C16H25NO2S. The summed E-state index contributed by atoms with van der Waals surface area (Å²) < 4.78 is 22.9. The fourth-order valence-corrected chi connectivity index (χ4v) is 3.67. The van der Waals surface area contributed by atoms with Gasteiger partial charge in [0.15, 0.2) is 9.84 Å². The maximum Gasteiger partial charge on any atom is 0.156 e. The van der Waals surface area contributed by atoms with E-state index in [0.29, 0.717) is 6.54 Å². The van der Waals surface area contributed by atoms with Crippen molar-refractivity contribution in [2.45, 2.75) is 49.7 Å². The van der Waals surface area contributed by atoms with Crippen LogP contribution in [0.3, 0.4) is 0 Å². The van der Waals surface area contributed by atoms with Gasteiger partial charge in [-0.1, -0.05) is 37.1 Å². The van der Waals surface area contributed by atoms with Gasteiger partial charge < -0.3 is 5.73 Å². The van der Waals surface area contributed by atoms with Crippen molar-refractivity contribution in [2.75, 3.05) is 12.8 Å². The summed E-state index contributed by atoms with van der Waals surface area (Å²) in [4.78, 5) is 0. The van der Waals surface area contributed by atoms with Gasteiger partial charge in [-0.05, 0) is 37.8 Å². The Labute approximate surface area is 122 Å². The first kappa shape index (κ1) is 15.5. The average Bonchev–Trinajstić information content (AvgIpc) is 2.87. The average molecular weight is 295 g/mol. The van der Waals surface area contributed by atoms with Gasteiger partial charge in [0.25, 0.3) is 0 Å². The predicted molar refractivity (Wildman–Crippen MR) is 83.5 cm³/mol. The molecule has 112 valence electrons. The van der Waals surface area contributed by atoms with Crippen molar-refractivity contribution < 1.29 is 8.42 Å². The van der Waals surface area contributed by atoms with Crippen molar-refractivity contribution in [3.63, 3.8) is 0 Å². The van der Waals surface area contributed by atoms with Crippen LogP contribution >= 0.6 is 0 Å². The first-order valence-corrected chi connectivity index (χ1v) is 9.13. The Hall–Kier alpha value is -0.870. The topological polar surface area (TPSA) is 60.2 Å². The fourth-order valence-electron chi connectivity index (χ4n) is 3.10. The van der Waals surface area contributed by atoms with Crippen LogP contribution in [0, 0.1) is 0 Å². The maximum absolute atomic E-state index is 11.9. The van der Waals surface area contributed by atoms with E-state index in [4.69, 9.17) is 5.73 Å². The molecule has 0 bridgehead atoms. The summed E-state index contributed by atoms with van der Waals surface area (Å²) in [6, 6.07) is 8.04. The van der Waals surface area contributed by atoms with Crippen LogP contribution in [0.1, 0.15) is 50.7 Å². The summed E-state index contributed by atoms with van der Waals surface area (Å²) in [7, 11) is -3.13. The van der Waals surface area contributed by atoms with E-state index < -0.39 is 14.6 Å². The summed E-state index contributed by atoms with van der Waals surface area (Å²) >= 11 is 0. The molecule has 1 saturated carbocycles. The second-order valence-electron chi connectivity index (χ2n) is 6.55. The Balaban J connectivity index is 2.36. The summed E-state index contributed by atoms with van der Waals surface area (Å²) in [5, 5.41) is 0. The SMILES string of the molecule is CC(C)(c1ccc(C2(CN)CCCC2)cc1)S(C)(=O)=O. The van der Waals surface area contributed by atoms with E-state index in [-0.39, 0.29) is 5.41 Å². The van der Waals surface area contributed by atoms with Crippen LogP contribution in [0.15, 0.2) is 24.3 Å². The van der Waals surface area contributed by atoms with Crippen LogP contribution in [0.4, 0.5) is 0 Å². The van der Waals surface area contributed by atoms with Gasteiger partial charge >= 0.3 is 0 Å². The highest BCUT2D eigenvalue weighted by Crippen LogP contribution is 2.41. The molecule has 1 fully saturated rings. The van der Waals surface area contributed by atoms with Crippen LogP contribution in [0.5, 0.6) is 0 Å². The summed E-state index contributed by atoms with van der Waals surface area (Å²) in [5.74, 6) is 0. The molecule has 2 N–H and O–H groups in total. The highest BCUT2D eigenvalue weighted by atomic mass is 32.2. The number of hydrogen-bond donors (Lipinski definition) is 1. The lowest BCUT2D eigenvalue weighted by atomic mass is 9.78. The maximum atomic E-state index is 11.9. The van der Waals surface area contributed by atoms with Gasteiger partial charge in [0.1, 0.15) is 0 Å². The number of sulfone groups is 1. The molecule has 0 amide bonds. The largest absolute Gasteiger partial charge is 0.330 e. The molecule has 0 heterocycles. The third kappa shape index (κ3) is 2.51. The number of nitrogens with two attached hydrogens (primary N) is 1. The van der Waals surface area contributed by atoms with Crippen molar-refractivity contribution in [1.29, 1.82) is 0 Å². The lowest BCUT2D eigenvalue weighted by molar-refractivity contribution is 0.452. The summed E-state index contributed by atoms with van der Waals surface area (Å²) in [5.41, 5.74) is 8.20. The second kappa shape index (κ2) is 5.15. The molecule has 0 unspecified atom stereocenters. The smallest absolute Gasteiger partial charge is 0.156 e. The zero-order chi connectivity index (χ0) is 15.0. The Morgan fingerprint density at radius 2 is 1.65 bits per heavy atom. The van der Waals surface area contributed by atoms with Crippen LogP contribution < -0.4 is 5.73 Å². The molecule has 1 aliphatic rings. The number of rotatable bonds is 4. The van der Waals surface area contributed by atoms with Crippen LogP contribution in [-0.4, -0.2) is 21.2 Å². The molecule has 0 spiro atoms. The van der Waals surface area contributed by atoms with Crippen LogP contribution in [-0.2, 0) is 20.0 Å². The minimum Gasteiger partial charge on any atom is -0.330 e. The fraction of sp³-hybridized carbons (Fsp3) is 0.625. The van der Waals surface area contributed by atoms with E-state index in [1.54, 1.807) is 13.8 Å². The molecule has 1 aliphatic carbocycles. The zero-order valence-electron chi connectivity index (χ0n) is 12.6. The monoisotopic (exact) mass is 295 g/mol. The van der Waals surface area contributed by atoms with E-state index in [1.165, 1.54) is 24.7 Å². The zero-order valence-corrected chi connectivity index (χ0v) is 13.5. The molecule has 2 rings (SSSR count). The summed E-state index contributed by atoms with van der Waals surface area (Å²) in [6.07, 6.45) is 6.03. The minimum atomic E-state index is -3.13. The molecule has 1 aromatic carbocycles. The van der Waals surface area contributed by atoms with Crippen LogP contribution in [0.25, 0.3) is 0 Å². The molecule has 20 heavy (non-hydrogen) atoms. The molecular weight excluding hydrogens is 270 g/mol. The van der Waals surface area contributed by atoms with Crippen molar-refractivity contribution in [3.8, 4) is 0 Å². The van der Waals surface area contributed by atoms with Crippen molar-refractivity contribution in [2.24, 2.45) is 5.73 Å². The first-order valence-electron chi connectivity index (χ1n) is 7.24. The quantitative estimate of drug-likeness (QED) is 0.929. The Morgan fingerprint density at radius 3 is 2.05 bits per heavy atom. The number of hydrogen-bond acceptors (Lipinski definition) is 3. The molecule has 0 saturated heterocycles. The van der Waals surface area contributed by atoms with E-state index >= 15 is 0 Å².